The Balaban J connectivity index is 1.64. The van der Waals surface area contributed by atoms with E-state index < -0.39 is 23.8 Å². The molecule has 166 valence electrons. The number of aliphatic carboxylic acids is 1. The number of hydrogen-bond acceptors (Lipinski definition) is 5. The SMILES string of the molecule is O=C(O)COCC1CCCC(COC(=O)N(c2ccc(F)nc2)c2cccc(F)c2)C1. The van der Waals surface area contributed by atoms with Gasteiger partial charge in [-0.1, -0.05) is 12.5 Å². The zero-order valence-corrected chi connectivity index (χ0v) is 16.9. The Morgan fingerprint density at radius 1 is 1.10 bits per heavy atom. The predicted molar refractivity (Wildman–Crippen MR) is 108 cm³/mol. The number of halogens is 2. The fraction of sp³-hybridized carbons (Fsp3) is 0.409. The molecule has 7 nitrogen and oxygen atoms in total. The predicted octanol–water partition coefficient (Wildman–Crippen LogP) is 4.54. The number of anilines is 2. The van der Waals surface area contributed by atoms with Crippen LogP contribution in [0.4, 0.5) is 25.0 Å². The first-order valence-electron chi connectivity index (χ1n) is 10.1. The van der Waals surface area contributed by atoms with Crippen LogP contribution in [-0.4, -0.2) is 42.0 Å². The molecule has 1 fully saturated rings. The van der Waals surface area contributed by atoms with E-state index in [1.54, 1.807) is 6.07 Å². The van der Waals surface area contributed by atoms with E-state index in [4.69, 9.17) is 14.6 Å². The highest BCUT2D eigenvalue weighted by atomic mass is 19.1. The van der Waals surface area contributed by atoms with Crippen molar-refractivity contribution in [3.8, 4) is 0 Å². The van der Waals surface area contributed by atoms with Crippen LogP contribution in [0.25, 0.3) is 0 Å². The highest BCUT2D eigenvalue weighted by Gasteiger charge is 2.26. The Labute approximate surface area is 178 Å². The average Bonchev–Trinajstić information content (AvgIpc) is 2.74. The molecule has 1 aliphatic rings. The van der Waals surface area contributed by atoms with Crippen molar-refractivity contribution in [2.75, 3.05) is 24.7 Å². The van der Waals surface area contributed by atoms with Crippen molar-refractivity contribution >= 4 is 23.4 Å². The summed E-state index contributed by atoms with van der Waals surface area (Å²) in [5, 5.41) is 8.68. The maximum Gasteiger partial charge on any atom is 0.419 e. The summed E-state index contributed by atoms with van der Waals surface area (Å²) in [6.07, 6.45) is 3.95. The van der Waals surface area contributed by atoms with E-state index in [0.717, 1.165) is 36.6 Å². The molecule has 3 rings (SSSR count). The number of aromatic nitrogens is 1. The van der Waals surface area contributed by atoms with Gasteiger partial charge in [0.25, 0.3) is 0 Å². The number of carbonyl (C=O) groups excluding carboxylic acids is 1. The van der Waals surface area contributed by atoms with Crippen molar-refractivity contribution in [3.63, 3.8) is 0 Å². The normalized spacial score (nSPS) is 18.4. The van der Waals surface area contributed by atoms with Crippen molar-refractivity contribution in [3.05, 3.63) is 54.4 Å². The van der Waals surface area contributed by atoms with Gasteiger partial charge in [0.1, 0.15) is 12.4 Å². The summed E-state index contributed by atoms with van der Waals surface area (Å²) < 4.78 is 37.7. The Kier molecular flexibility index (Phi) is 7.88. The van der Waals surface area contributed by atoms with Crippen molar-refractivity contribution in [2.45, 2.75) is 25.7 Å². The molecule has 1 amide bonds. The van der Waals surface area contributed by atoms with Gasteiger partial charge < -0.3 is 14.6 Å². The number of ether oxygens (including phenoxy) is 2. The van der Waals surface area contributed by atoms with E-state index in [1.807, 2.05) is 0 Å². The van der Waals surface area contributed by atoms with Gasteiger partial charge in [-0.3, -0.25) is 0 Å². The Hall–Kier alpha value is -3.07. The third-order valence-corrected chi connectivity index (χ3v) is 5.13. The van der Waals surface area contributed by atoms with Crippen LogP contribution in [0, 0.1) is 23.6 Å². The van der Waals surface area contributed by atoms with E-state index in [2.05, 4.69) is 4.98 Å². The Morgan fingerprint density at radius 3 is 2.55 bits per heavy atom. The molecular weight excluding hydrogens is 410 g/mol. The molecule has 1 N–H and O–H groups in total. The largest absolute Gasteiger partial charge is 0.480 e. The molecule has 31 heavy (non-hydrogen) atoms. The van der Waals surface area contributed by atoms with Crippen LogP contribution in [0.15, 0.2) is 42.6 Å². The van der Waals surface area contributed by atoms with Crippen LogP contribution in [0.3, 0.4) is 0 Å². The second-order valence-corrected chi connectivity index (χ2v) is 7.54. The standard InChI is InChI=1S/C22H24F2N2O5/c23-17-5-2-6-18(10-17)26(19-7-8-20(24)25-11-19)22(29)31-13-16-4-1-3-15(9-16)12-30-14-21(27)28/h2,5-8,10-11,15-16H,1,3-4,9,12-14H2,(H,27,28). The molecule has 9 heteroatoms. The molecule has 1 aromatic heterocycles. The van der Waals surface area contributed by atoms with Crippen LogP contribution < -0.4 is 4.90 Å². The number of carbonyl (C=O) groups is 2. The highest BCUT2D eigenvalue weighted by Crippen LogP contribution is 2.31. The van der Waals surface area contributed by atoms with Gasteiger partial charge in [-0.05, 0) is 61.4 Å². The quantitative estimate of drug-likeness (QED) is 0.614. The topological polar surface area (TPSA) is 89.0 Å². The minimum Gasteiger partial charge on any atom is -0.480 e. The lowest BCUT2D eigenvalue weighted by molar-refractivity contribution is -0.142. The zero-order chi connectivity index (χ0) is 22.2. The van der Waals surface area contributed by atoms with Gasteiger partial charge in [-0.15, -0.1) is 0 Å². The van der Waals surface area contributed by atoms with Crippen molar-refractivity contribution in [2.24, 2.45) is 11.8 Å². The number of amides is 1. The second-order valence-electron chi connectivity index (χ2n) is 7.54. The summed E-state index contributed by atoms with van der Waals surface area (Å²) in [4.78, 5) is 28.2. The number of carboxylic acids is 1. The highest BCUT2D eigenvalue weighted by molar-refractivity contribution is 5.95. The van der Waals surface area contributed by atoms with E-state index in [-0.39, 0.29) is 36.4 Å². The maximum absolute atomic E-state index is 13.7. The average molecular weight is 434 g/mol. The fourth-order valence-electron chi connectivity index (χ4n) is 3.75. The first kappa shape index (κ1) is 22.6. The summed E-state index contributed by atoms with van der Waals surface area (Å²) in [7, 11) is 0. The number of nitrogens with zero attached hydrogens (tertiary/aromatic N) is 2. The monoisotopic (exact) mass is 434 g/mol. The number of benzene rings is 1. The van der Waals surface area contributed by atoms with Crippen molar-refractivity contribution in [1.29, 1.82) is 0 Å². The van der Waals surface area contributed by atoms with Gasteiger partial charge in [-0.25, -0.2) is 23.9 Å². The first-order valence-corrected chi connectivity index (χ1v) is 10.1. The van der Waals surface area contributed by atoms with Crippen LogP contribution in [0.1, 0.15) is 25.7 Å². The molecule has 0 aliphatic heterocycles. The van der Waals surface area contributed by atoms with E-state index >= 15 is 0 Å². The summed E-state index contributed by atoms with van der Waals surface area (Å²) in [5.74, 6) is -1.92. The van der Waals surface area contributed by atoms with E-state index in [0.29, 0.717) is 6.61 Å². The van der Waals surface area contributed by atoms with Crippen LogP contribution in [-0.2, 0) is 14.3 Å². The molecule has 1 saturated carbocycles. The molecule has 2 unspecified atom stereocenters. The summed E-state index contributed by atoms with van der Waals surface area (Å²) in [6, 6.07) is 7.92. The first-order chi connectivity index (χ1) is 14.9. The molecule has 1 heterocycles. The van der Waals surface area contributed by atoms with Crippen LogP contribution in [0.5, 0.6) is 0 Å². The van der Waals surface area contributed by atoms with Gasteiger partial charge in [-0.2, -0.15) is 4.39 Å². The van der Waals surface area contributed by atoms with Crippen molar-refractivity contribution < 1.29 is 33.0 Å². The number of rotatable bonds is 8. The molecule has 1 aliphatic carbocycles. The van der Waals surface area contributed by atoms with E-state index in [9.17, 15) is 18.4 Å². The number of hydrogen-bond donors (Lipinski definition) is 1. The minimum atomic E-state index is -1.01. The molecule has 2 atom stereocenters. The molecule has 0 bridgehead atoms. The van der Waals surface area contributed by atoms with Crippen molar-refractivity contribution in [1.82, 2.24) is 4.98 Å². The van der Waals surface area contributed by atoms with Gasteiger partial charge in [0.05, 0.1) is 30.8 Å². The molecule has 0 saturated heterocycles. The zero-order valence-electron chi connectivity index (χ0n) is 16.9. The lowest BCUT2D eigenvalue weighted by atomic mass is 9.82. The lowest BCUT2D eigenvalue weighted by Gasteiger charge is -2.29. The lowest BCUT2D eigenvalue weighted by Crippen LogP contribution is -2.30. The summed E-state index contributed by atoms with van der Waals surface area (Å²) >= 11 is 0. The Bertz CT molecular complexity index is 894. The van der Waals surface area contributed by atoms with Gasteiger partial charge >= 0.3 is 12.1 Å². The molecule has 2 aromatic rings. The van der Waals surface area contributed by atoms with Gasteiger partial charge in [0.2, 0.25) is 5.95 Å². The molecule has 1 aromatic carbocycles. The number of carboxylic acid groups (broad SMARTS) is 1. The maximum atomic E-state index is 13.7. The molecule has 0 radical (unpaired) electrons. The fourth-order valence-corrected chi connectivity index (χ4v) is 3.75. The van der Waals surface area contributed by atoms with E-state index in [1.165, 1.54) is 30.5 Å². The molecule has 0 spiro atoms. The minimum absolute atomic E-state index is 0.108. The third kappa shape index (κ3) is 6.71. The van der Waals surface area contributed by atoms with Gasteiger partial charge in [0.15, 0.2) is 0 Å². The van der Waals surface area contributed by atoms with Crippen LogP contribution >= 0.6 is 0 Å². The summed E-state index contributed by atoms with van der Waals surface area (Å²) in [5.41, 5.74) is 0.489. The third-order valence-electron chi connectivity index (χ3n) is 5.13. The smallest absolute Gasteiger partial charge is 0.419 e. The Morgan fingerprint density at radius 2 is 1.87 bits per heavy atom. The summed E-state index contributed by atoms with van der Waals surface area (Å²) in [6.45, 7) is 0.187. The second kappa shape index (κ2) is 10.8. The molecular formula is C22H24F2N2O5. The van der Waals surface area contributed by atoms with Gasteiger partial charge in [0, 0.05) is 0 Å². The van der Waals surface area contributed by atoms with Crippen LogP contribution in [0.2, 0.25) is 0 Å². The number of pyridine rings is 1.